The highest BCUT2D eigenvalue weighted by atomic mass is 16.5. The Morgan fingerprint density at radius 3 is 2.43 bits per heavy atom. The number of rotatable bonds is 5. The second-order valence-electron chi connectivity index (χ2n) is 6.28. The number of ether oxygens (including phenoxy) is 2. The molecule has 1 saturated heterocycles. The summed E-state index contributed by atoms with van der Waals surface area (Å²) in [5.74, 6) is 0.898. The van der Waals surface area contributed by atoms with E-state index in [1.165, 1.54) is 11.1 Å². The average Bonchev–Trinajstić information content (AvgIpc) is 2.61. The zero-order valence-electron chi connectivity index (χ0n) is 13.9. The predicted molar refractivity (Wildman–Crippen MR) is 93.8 cm³/mol. The first-order valence-corrected chi connectivity index (χ1v) is 8.36. The zero-order chi connectivity index (χ0) is 16.1. The van der Waals surface area contributed by atoms with Gasteiger partial charge in [0.1, 0.15) is 18.5 Å². The van der Waals surface area contributed by atoms with E-state index >= 15 is 0 Å². The van der Waals surface area contributed by atoms with Crippen molar-refractivity contribution in [1.82, 2.24) is 4.90 Å². The van der Waals surface area contributed by atoms with Crippen LogP contribution < -0.4 is 4.74 Å². The van der Waals surface area contributed by atoms with Gasteiger partial charge in [0.25, 0.3) is 0 Å². The van der Waals surface area contributed by atoms with Gasteiger partial charge in [-0.05, 0) is 37.1 Å². The maximum atomic E-state index is 5.91. The Hall–Kier alpha value is -1.84. The average molecular weight is 311 g/mol. The van der Waals surface area contributed by atoms with Gasteiger partial charge < -0.3 is 9.47 Å². The van der Waals surface area contributed by atoms with Crippen LogP contribution in [-0.2, 0) is 4.74 Å². The molecule has 2 aromatic rings. The number of nitrogens with zero attached hydrogens (tertiary/aromatic N) is 1. The Bertz CT molecular complexity index is 595. The van der Waals surface area contributed by atoms with Crippen LogP contribution >= 0.6 is 0 Å². The molecule has 1 fully saturated rings. The monoisotopic (exact) mass is 311 g/mol. The fraction of sp³-hybridized carbons (Fsp3) is 0.400. The van der Waals surface area contributed by atoms with Crippen molar-refractivity contribution < 1.29 is 9.47 Å². The molecule has 1 heterocycles. The molecule has 3 rings (SSSR count). The standard InChI is InChI=1S/C20H25NO2/c1-16(2)21-12-13-22-20(14-21)15-23-19-10-8-18(9-11-19)17-6-4-3-5-7-17/h3-11,16,20H,12-15H2,1-2H3. The van der Waals surface area contributed by atoms with Crippen molar-refractivity contribution in [1.29, 1.82) is 0 Å². The second-order valence-corrected chi connectivity index (χ2v) is 6.28. The summed E-state index contributed by atoms with van der Waals surface area (Å²) in [6.45, 7) is 7.81. The van der Waals surface area contributed by atoms with E-state index in [1.807, 2.05) is 18.2 Å². The van der Waals surface area contributed by atoms with Gasteiger partial charge in [-0.25, -0.2) is 0 Å². The van der Waals surface area contributed by atoms with Crippen LogP contribution in [0.3, 0.4) is 0 Å². The van der Waals surface area contributed by atoms with Crippen LogP contribution in [0.5, 0.6) is 5.75 Å². The Balaban J connectivity index is 1.55. The van der Waals surface area contributed by atoms with Crippen molar-refractivity contribution in [2.24, 2.45) is 0 Å². The van der Waals surface area contributed by atoms with Crippen LogP contribution in [0.4, 0.5) is 0 Å². The Labute approximate surface area is 138 Å². The number of hydrogen-bond acceptors (Lipinski definition) is 3. The molecule has 3 nitrogen and oxygen atoms in total. The van der Waals surface area contributed by atoms with E-state index in [1.54, 1.807) is 0 Å². The van der Waals surface area contributed by atoms with E-state index in [0.717, 1.165) is 25.4 Å². The van der Waals surface area contributed by atoms with Crippen molar-refractivity contribution in [3.63, 3.8) is 0 Å². The molecular weight excluding hydrogens is 286 g/mol. The fourth-order valence-corrected chi connectivity index (χ4v) is 2.88. The molecule has 2 aromatic carbocycles. The smallest absolute Gasteiger partial charge is 0.119 e. The summed E-state index contributed by atoms with van der Waals surface area (Å²) >= 11 is 0. The van der Waals surface area contributed by atoms with Gasteiger partial charge in [0.2, 0.25) is 0 Å². The van der Waals surface area contributed by atoms with Crippen molar-refractivity contribution in [3.8, 4) is 16.9 Å². The zero-order valence-corrected chi connectivity index (χ0v) is 13.9. The lowest BCUT2D eigenvalue weighted by molar-refractivity contribution is -0.0564. The highest BCUT2D eigenvalue weighted by molar-refractivity contribution is 5.63. The molecule has 3 heteroatoms. The molecule has 0 amide bonds. The highest BCUT2D eigenvalue weighted by Crippen LogP contribution is 2.22. The Kier molecular flexibility index (Phi) is 5.31. The van der Waals surface area contributed by atoms with E-state index < -0.39 is 0 Å². The quantitative estimate of drug-likeness (QED) is 0.837. The fourth-order valence-electron chi connectivity index (χ4n) is 2.88. The van der Waals surface area contributed by atoms with Crippen LogP contribution in [0.15, 0.2) is 54.6 Å². The van der Waals surface area contributed by atoms with Crippen molar-refractivity contribution in [2.75, 3.05) is 26.3 Å². The molecule has 1 aliphatic heterocycles. The summed E-state index contributed by atoms with van der Waals surface area (Å²) in [5.41, 5.74) is 2.43. The lowest BCUT2D eigenvalue weighted by Crippen LogP contribution is -2.47. The first-order chi connectivity index (χ1) is 11.2. The van der Waals surface area contributed by atoms with Crippen LogP contribution in [-0.4, -0.2) is 43.3 Å². The molecule has 0 aromatic heterocycles. The summed E-state index contributed by atoms with van der Waals surface area (Å²) in [7, 11) is 0. The number of hydrogen-bond donors (Lipinski definition) is 0. The van der Waals surface area contributed by atoms with E-state index in [4.69, 9.17) is 9.47 Å². The molecule has 1 aliphatic rings. The Morgan fingerprint density at radius 1 is 1.04 bits per heavy atom. The van der Waals surface area contributed by atoms with Crippen molar-refractivity contribution in [3.05, 3.63) is 54.6 Å². The number of benzene rings is 2. The van der Waals surface area contributed by atoms with Gasteiger partial charge in [0.05, 0.1) is 6.61 Å². The maximum Gasteiger partial charge on any atom is 0.119 e. The van der Waals surface area contributed by atoms with Gasteiger partial charge in [-0.2, -0.15) is 0 Å². The third-order valence-corrected chi connectivity index (χ3v) is 4.30. The lowest BCUT2D eigenvalue weighted by Gasteiger charge is -2.35. The van der Waals surface area contributed by atoms with Gasteiger partial charge in [-0.15, -0.1) is 0 Å². The minimum absolute atomic E-state index is 0.153. The van der Waals surface area contributed by atoms with Gasteiger partial charge in [-0.3, -0.25) is 4.90 Å². The lowest BCUT2D eigenvalue weighted by atomic mass is 10.1. The number of morpholine rings is 1. The van der Waals surface area contributed by atoms with Gasteiger partial charge in [0.15, 0.2) is 0 Å². The van der Waals surface area contributed by atoms with Crippen molar-refractivity contribution >= 4 is 0 Å². The van der Waals surface area contributed by atoms with Crippen LogP contribution in [0.1, 0.15) is 13.8 Å². The van der Waals surface area contributed by atoms with E-state index in [-0.39, 0.29) is 6.10 Å². The molecule has 1 atom stereocenters. The third kappa shape index (κ3) is 4.34. The maximum absolute atomic E-state index is 5.91. The molecule has 1 unspecified atom stereocenters. The summed E-state index contributed by atoms with van der Waals surface area (Å²) in [6.07, 6.45) is 0.153. The van der Waals surface area contributed by atoms with Crippen LogP contribution in [0.2, 0.25) is 0 Å². The van der Waals surface area contributed by atoms with E-state index in [2.05, 4.69) is 55.1 Å². The van der Waals surface area contributed by atoms with E-state index in [0.29, 0.717) is 12.6 Å². The first-order valence-electron chi connectivity index (χ1n) is 8.36. The molecule has 122 valence electrons. The van der Waals surface area contributed by atoms with Crippen molar-refractivity contribution in [2.45, 2.75) is 26.0 Å². The molecule has 23 heavy (non-hydrogen) atoms. The van der Waals surface area contributed by atoms with Gasteiger partial charge in [-0.1, -0.05) is 42.5 Å². The van der Waals surface area contributed by atoms with Crippen LogP contribution in [0, 0.1) is 0 Å². The molecule has 0 aliphatic carbocycles. The molecule has 0 N–H and O–H groups in total. The van der Waals surface area contributed by atoms with Crippen LogP contribution in [0.25, 0.3) is 11.1 Å². The summed E-state index contributed by atoms with van der Waals surface area (Å²) in [6, 6.07) is 19.2. The largest absolute Gasteiger partial charge is 0.491 e. The summed E-state index contributed by atoms with van der Waals surface area (Å²) in [5, 5.41) is 0. The summed E-state index contributed by atoms with van der Waals surface area (Å²) < 4.78 is 11.7. The Morgan fingerprint density at radius 2 is 1.74 bits per heavy atom. The SMILES string of the molecule is CC(C)N1CCOC(COc2ccc(-c3ccccc3)cc2)C1. The van der Waals surface area contributed by atoms with Gasteiger partial charge in [0, 0.05) is 19.1 Å². The first kappa shape index (κ1) is 16.0. The van der Waals surface area contributed by atoms with Gasteiger partial charge >= 0.3 is 0 Å². The molecule has 0 spiro atoms. The highest BCUT2D eigenvalue weighted by Gasteiger charge is 2.22. The topological polar surface area (TPSA) is 21.7 Å². The van der Waals surface area contributed by atoms with E-state index in [9.17, 15) is 0 Å². The normalized spacial score (nSPS) is 19.0. The molecular formula is C20H25NO2. The molecule has 0 bridgehead atoms. The minimum Gasteiger partial charge on any atom is -0.491 e. The molecule has 0 radical (unpaired) electrons. The summed E-state index contributed by atoms with van der Waals surface area (Å²) in [4.78, 5) is 2.44. The predicted octanol–water partition coefficient (Wildman–Crippen LogP) is 3.84. The molecule has 0 saturated carbocycles. The minimum atomic E-state index is 0.153. The second kappa shape index (κ2) is 7.62. The third-order valence-electron chi connectivity index (χ3n) is 4.30.